The minimum absolute atomic E-state index is 0.000345. The van der Waals surface area contributed by atoms with Crippen LogP contribution < -0.4 is 25.2 Å². The van der Waals surface area contributed by atoms with Gasteiger partial charge >= 0.3 is 6.18 Å². The van der Waals surface area contributed by atoms with E-state index in [-0.39, 0.29) is 67.6 Å². The number of carbonyl (C=O) groups excluding carboxylic acids is 4. The SMILES string of the molecule is Cc1ncsc1-c1ccc(CNC(=O)[C@@H]2C[C@@H](O)CN2C(=O)[C@@H](NC(=O)COCCOCCOc2cc(Cl)c(N3C(=S)N(c4ccc(C#N)c(C(F)(F)F)c4F)C(=O)C3(C)C)cn2)C(C)(C)C)cc1. The minimum Gasteiger partial charge on any atom is -0.475 e. The maximum absolute atomic E-state index is 15.4. The van der Waals surface area contributed by atoms with Crippen LogP contribution in [0.3, 0.4) is 0 Å². The van der Waals surface area contributed by atoms with Gasteiger partial charge in [-0.3, -0.25) is 24.1 Å². The minimum atomic E-state index is -5.24. The summed E-state index contributed by atoms with van der Waals surface area (Å²) in [7, 11) is 0. The highest BCUT2D eigenvalue weighted by molar-refractivity contribution is 7.81. The van der Waals surface area contributed by atoms with E-state index in [0.717, 1.165) is 33.8 Å². The average molecular weight is 1020 g/mol. The van der Waals surface area contributed by atoms with Crippen molar-refractivity contribution in [3.8, 4) is 22.4 Å². The Morgan fingerprint density at radius 2 is 1.74 bits per heavy atom. The monoisotopic (exact) mass is 1020 g/mol. The molecule has 2 aliphatic rings. The lowest BCUT2D eigenvalue weighted by atomic mass is 9.85. The molecule has 368 valence electrons. The molecule has 2 saturated heterocycles. The number of aryl methyl sites for hydroxylation is 1. The molecule has 2 aromatic heterocycles. The van der Waals surface area contributed by atoms with Crippen LogP contribution in [-0.2, 0) is 41.4 Å². The number of thiocarbonyl (C=S) groups is 1. The molecule has 16 nitrogen and oxygen atoms in total. The molecule has 69 heavy (non-hydrogen) atoms. The number of alkyl halides is 3. The number of nitrogens with one attached hydrogen (secondary N) is 2. The number of aromatic nitrogens is 2. The predicted molar refractivity (Wildman–Crippen MR) is 251 cm³/mol. The second-order valence-electron chi connectivity index (χ2n) is 17.7. The molecule has 3 N–H and O–H groups in total. The number of aliphatic hydroxyl groups excluding tert-OH is 1. The van der Waals surface area contributed by atoms with Crippen LogP contribution in [0, 0.1) is 29.5 Å². The van der Waals surface area contributed by atoms with Crippen LogP contribution in [-0.4, -0.2) is 112 Å². The molecule has 0 spiro atoms. The zero-order chi connectivity index (χ0) is 50.6. The number of nitriles is 1. The number of halogens is 5. The number of amides is 4. The van der Waals surface area contributed by atoms with Gasteiger partial charge in [0.15, 0.2) is 10.9 Å². The van der Waals surface area contributed by atoms with E-state index in [1.54, 1.807) is 37.6 Å². The Labute approximate surface area is 409 Å². The predicted octanol–water partition coefficient (Wildman–Crippen LogP) is 6.33. The summed E-state index contributed by atoms with van der Waals surface area (Å²) in [5.74, 6) is -4.18. The normalized spacial score (nSPS) is 17.5. The number of hydrogen-bond acceptors (Lipinski definition) is 13. The number of aliphatic hydroxyl groups is 1. The van der Waals surface area contributed by atoms with E-state index in [1.165, 1.54) is 42.0 Å². The van der Waals surface area contributed by atoms with Gasteiger partial charge in [0.05, 0.1) is 76.2 Å². The lowest BCUT2D eigenvalue weighted by Crippen LogP contribution is -2.58. The van der Waals surface area contributed by atoms with Gasteiger partial charge in [-0.15, -0.1) is 11.3 Å². The topological polar surface area (TPSA) is 200 Å². The van der Waals surface area contributed by atoms with Crippen LogP contribution in [0.2, 0.25) is 5.02 Å². The average Bonchev–Trinajstić information content (AvgIpc) is 3.94. The summed E-state index contributed by atoms with van der Waals surface area (Å²) in [6.07, 6.45) is -4.89. The Morgan fingerprint density at radius 3 is 2.36 bits per heavy atom. The molecule has 4 heterocycles. The first kappa shape index (κ1) is 52.5. The van der Waals surface area contributed by atoms with Crippen molar-refractivity contribution in [2.45, 2.75) is 84.4 Å². The molecule has 0 unspecified atom stereocenters. The number of ether oxygens (including phenoxy) is 3. The summed E-state index contributed by atoms with van der Waals surface area (Å²) < 4.78 is 73.3. The molecule has 2 fully saturated rings. The number of hydrogen-bond donors (Lipinski definition) is 3. The first-order chi connectivity index (χ1) is 32.4. The molecule has 3 atom stereocenters. The van der Waals surface area contributed by atoms with E-state index in [1.807, 2.05) is 31.2 Å². The van der Waals surface area contributed by atoms with Crippen molar-refractivity contribution >= 4 is 75.3 Å². The van der Waals surface area contributed by atoms with Gasteiger partial charge in [-0.25, -0.2) is 14.4 Å². The van der Waals surface area contributed by atoms with Crippen molar-refractivity contribution in [2.24, 2.45) is 5.41 Å². The Kier molecular flexibility index (Phi) is 16.3. The summed E-state index contributed by atoms with van der Waals surface area (Å²) in [4.78, 5) is 66.6. The van der Waals surface area contributed by atoms with Crippen molar-refractivity contribution in [2.75, 3.05) is 49.4 Å². The van der Waals surface area contributed by atoms with E-state index >= 15 is 4.39 Å². The van der Waals surface area contributed by atoms with Gasteiger partial charge in [0.25, 0.3) is 5.91 Å². The third kappa shape index (κ3) is 11.8. The first-order valence-corrected chi connectivity index (χ1v) is 23.1. The molecular formula is C46H49ClF4N8O8S2. The number of nitrogens with zero attached hydrogens (tertiary/aromatic N) is 6. The molecular weight excluding hydrogens is 968 g/mol. The molecule has 0 bridgehead atoms. The Bertz CT molecular complexity index is 2640. The molecule has 2 aromatic carbocycles. The first-order valence-electron chi connectivity index (χ1n) is 21.4. The zero-order valence-electron chi connectivity index (χ0n) is 38.3. The van der Waals surface area contributed by atoms with Gasteiger partial charge in [0.2, 0.25) is 23.6 Å². The van der Waals surface area contributed by atoms with Gasteiger partial charge in [0, 0.05) is 25.6 Å². The lowest BCUT2D eigenvalue weighted by Gasteiger charge is -2.35. The molecule has 4 amide bonds. The molecule has 23 heteroatoms. The molecule has 6 rings (SSSR count). The highest BCUT2D eigenvalue weighted by Gasteiger charge is 2.53. The number of anilines is 2. The van der Waals surface area contributed by atoms with E-state index in [9.17, 15) is 37.5 Å². The van der Waals surface area contributed by atoms with Crippen LogP contribution in [0.25, 0.3) is 10.4 Å². The van der Waals surface area contributed by atoms with Gasteiger partial charge in [-0.05, 0) is 61.7 Å². The van der Waals surface area contributed by atoms with Crippen LogP contribution in [0.4, 0.5) is 28.9 Å². The van der Waals surface area contributed by atoms with Crippen molar-refractivity contribution in [3.05, 3.63) is 87.4 Å². The largest absolute Gasteiger partial charge is 0.475 e. The third-order valence-electron chi connectivity index (χ3n) is 11.3. The number of pyridine rings is 1. The second-order valence-corrected chi connectivity index (χ2v) is 19.3. The summed E-state index contributed by atoms with van der Waals surface area (Å²) >= 11 is 13.6. The quantitative estimate of drug-likeness (QED) is 0.0603. The maximum atomic E-state index is 15.4. The van der Waals surface area contributed by atoms with Crippen LogP contribution >= 0.6 is 35.2 Å². The van der Waals surface area contributed by atoms with Crippen molar-refractivity contribution in [3.63, 3.8) is 0 Å². The summed E-state index contributed by atoms with van der Waals surface area (Å²) in [6.45, 7) is 9.91. The van der Waals surface area contributed by atoms with Gasteiger partial charge in [0.1, 0.15) is 36.4 Å². The van der Waals surface area contributed by atoms with Gasteiger partial charge in [-0.1, -0.05) is 56.6 Å². The van der Waals surface area contributed by atoms with Gasteiger partial charge in [-0.2, -0.15) is 18.4 Å². The molecule has 0 aliphatic carbocycles. The maximum Gasteiger partial charge on any atom is 0.420 e. The zero-order valence-corrected chi connectivity index (χ0v) is 40.7. The number of thiazole rings is 1. The van der Waals surface area contributed by atoms with E-state index in [0.29, 0.717) is 4.90 Å². The fourth-order valence-electron chi connectivity index (χ4n) is 7.74. The summed E-state index contributed by atoms with van der Waals surface area (Å²) in [5.41, 5.74) is -1.26. The van der Waals surface area contributed by atoms with Crippen LogP contribution in [0.5, 0.6) is 5.88 Å². The van der Waals surface area contributed by atoms with Crippen molar-refractivity contribution in [1.29, 1.82) is 5.26 Å². The highest BCUT2D eigenvalue weighted by atomic mass is 35.5. The third-order valence-corrected chi connectivity index (χ3v) is 12.9. The standard InChI is InChI=1S/C46H49ClF4N8O8S2/c1-25-38(69-24-55-25)27-9-7-26(8-10-27)20-54-40(62)32-17-29(60)22-57(32)41(63)39(44(2,3)4)56-34(61)23-66-14-13-65-15-16-67-35-18-30(47)33(21-53-35)59-43(68)58(42(64)45(59,5)6)31-12-11-28(19-52)36(37(31)48)46(49,50)51/h7-12,18,21,24,29,32,39,60H,13-17,20,22-23H2,1-6H3,(H,54,62)(H,56,61)/t29-,32+,39-/m1/s1. The van der Waals surface area contributed by atoms with E-state index in [4.69, 9.17) is 43.3 Å². The van der Waals surface area contributed by atoms with Crippen LogP contribution in [0.1, 0.15) is 63.4 Å². The number of benzene rings is 2. The summed E-state index contributed by atoms with van der Waals surface area (Å²) in [6, 6.07) is 9.99. The number of rotatable bonds is 17. The number of likely N-dealkylation sites (tertiary alicyclic amines) is 1. The smallest absolute Gasteiger partial charge is 0.420 e. The Morgan fingerprint density at radius 1 is 1.06 bits per heavy atom. The van der Waals surface area contributed by atoms with Crippen LogP contribution in [0.15, 0.2) is 54.2 Å². The van der Waals surface area contributed by atoms with E-state index in [2.05, 4.69) is 20.6 Å². The van der Waals surface area contributed by atoms with Crippen molar-refractivity contribution < 1.29 is 56.1 Å². The fourth-order valence-corrected chi connectivity index (χ4v) is 9.29. The number of β-amino-alcohol motifs (C(OH)–C–C–N with tert-alkyl or cyclic N) is 1. The Hall–Kier alpha value is -5.83. The summed E-state index contributed by atoms with van der Waals surface area (Å²) in [5, 5.41) is 24.9. The lowest BCUT2D eigenvalue weighted by molar-refractivity contribution is -0.144. The fraction of sp³-hybridized carbons (Fsp3) is 0.435. The molecule has 2 aliphatic heterocycles. The van der Waals surface area contributed by atoms with Gasteiger partial charge < -0.3 is 39.8 Å². The van der Waals surface area contributed by atoms with Crippen molar-refractivity contribution in [1.82, 2.24) is 25.5 Å². The molecule has 4 aromatic rings. The molecule has 0 radical (unpaired) electrons. The second kappa shape index (κ2) is 21.4. The van der Waals surface area contributed by atoms with E-state index < -0.39 is 88.2 Å². The highest BCUT2D eigenvalue weighted by Crippen LogP contribution is 2.43. The Balaban J connectivity index is 0.943. The number of carbonyl (C=O) groups is 4. The molecule has 0 saturated carbocycles.